The SMILES string of the molecule is CCNC(C)c1ccc(N2CC(C(N)=O)CCC2C)nc1. The van der Waals surface area contributed by atoms with Gasteiger partial charge in [-0.1, -0.05) is 13.0 Å². The van der Waals surface area contributed by atoms with Gasteiger partial charge in [-0.05, 0) is 44.9 Å². The first kappa shape index (κ1) is 15.8. The van der Waals surface area contributed by atoms with E-state index >= 15 is 0 Å². The van der Waals surface area contributed by atoms with Gasteiger partial charge >= 0.3 is 0 Å². The Morgan fingerprint density at radius 3 is 2.86 bits per heavy atom. The van der Waals surface area contributed by atoms with Gasteiger partial charge in [0.25, 0.3) is 0 Å². The van der Waals surface area contributed by atoms with Crippen LogP contribution in [-0.4, -0.2) is 30.0 Å². The molecule has 0 radical (unpaired) electrons. The molecule has 0 bridgehead atoms. The van der Waals surface area contributed by atoms with Crippen molar-refractivity contribution in [1.82, 2.24) is 10.3 Å². The van der Waals surface area contributed by atoms with Gasteiger partial charge in [0.05, 0.1) is 5.92 Å². The van der Waals surface area contributed by atoms with Crippen LogP contribution in [0.4, 0.5) is 5.82 Å². The number of primary amides is 1. The number of nitrogens with two attached hydrogens (primary N) is 1. The van der Waals surface area contributed by atoms with Crippen LogP contribution in [0.25, 0.3) is 0 Å². The minimum atomic E-state index is -0.204. The molecule has 0 saturated carbocycles. The van der Waals surface area contributed by atoms with E-state index in [1.165, 1.54) is 5.56 Å². The normalized spacial score (nSPS) is 23.9. The Labute approximate surface area is 126 Å². The molecule has 1 amide bonds. The topological polar surface area (TPSA) is 71.2 Å². The van der Waals surface area contributed by atoms with Crippen LogP contribution in [0.15, 0.2) is 18.3 Å². The van der Waals surface area contributed by atoms with E-state index in [9.17, 15) is 4.79 Å². The third-order valence-electron chi connectivity index (χ3n) is 4.36. The zero-order valence-corrected chi connectivity index (χ0v) is 13.2. The predicted molar refractivity (Wildman–Crippen MR) is 85.1 cm³/mol. The lowest BCUT2D eigenvalue weighted by Gasteiger charge is -2.37. The maximum atomic E-state index is 11.4. The van der Waals surface area contributed by atoms with Crippen LogP contribution < -0.4 is 16.0 Å². The molecule has 3 atom stereocenters. The summed E-state index contributed by atoms with van der Waals surface area (Å²) in [5.41, 5.74) is 6.63. The molecule has 1 aliphatic heterocycles. The summed E-state index contributed by atoms with van der Waals surface area (Å²) in [6.07, 6.45) is 3.77. The number of aromatic nitrogens is 1. The van der Waals surface area contributed by atoms with Crippen molar-refractivity contribution in [2.45, 2.75) is 45.7 Å². The van der Waals surface area contributed by atoms with E-state index in [4.69, 9.17) is 5.73 Å². The van der Waals surface area contributed by atoms with Gasteiger partial charge in [0, 0.05) is 24.8 Å². The van der Waals surface area contributed by atoms with Crippen LogP contribution in [0.2, 0.25) is 0 Å². The highest BCUT2D eigenvalue weighted by molar-refractivity contribution is 5.77. The van der Waals surface area contributed by atoms with Crippen LogP contribution in [-0.2, 0) is 4.79 Å². The van der Waals surface area contributed by atoms with Crippen LogP contribution >= 0.6 is 0 Å². The number of nitrogens with one attached hydrogen (secondary N) is 1. The van der Waals surface area contributed by atoms with Gasteiger partial charge < -0.3 is 16.0 Å². The molecule has 1 fully saturated rings. The fraction of sp³-hybridized carbons (Fsp3) is 0.625. The Bertz CT molecular complexity index is 474. The van der Waals surface area contributed by atoms with Gasteiger partial charge in [-0.3, -0.25) is 4.79 Å². The number of carbonyl (C=O) groups is 1. The molecule has 0 aromatic carbocycles. The van der Waals surface area contributed by atoms with Crippen LogP contribution in [0.5, 0.6) is 0 Å². The fourth-order valence-electron chi connectivity index (χ4n) is 2.91. The van der Waals surface area contributed by atoms with Crippen LogP contribution in [0, 0.1) is 5.92 Å². The van der Waals surface area contributed by atoms with E-state index in [1.54, 1.807) is 0 Å². The van der Waals surface area contributed by atoms with E-state index < -0.39 is 0 Å². The lowest BCUT2D eigenvalue weighted by molar-refractivity contribution is -0.122. The molecule has 5 heteroatoms. The molecule has 1 aromatic heterocycles. The molecule has 2 heterocycles. The molecular weight excluding hydrogens is 264 g/mol. The number of hydrogen-bond donors (Lipinski definition) is 2. The Kier molecular flexibility index (Phi) is 5.17. The van der Waals surface area contributed by atoms with Crippen LogP contribution in [0.1, 0.15) is 45.2 Å². The highest BCUT2D eigenvalue weighted by atomic mass is 16.1. The second-order valence-electron chi connectivity index (χ2n) is 5.91. The minimum Gasteiger partial charge on any atom is -0.369 e. The molecule has 21 heavy (non-hydrogen) atoms. The maximum absolute atomic E-state index is 11.4. The Morgan fingerprint density at radius 2 is 2.29 bits per heavy atom. The number of rotatable bonds is 5. The molecule has 2 rings (SSSR count). The molecule has 1 saturated heterocycles. The molecule has 116 valence electrons. The Balaban J connectivity index is 2.11. The summed E-state index contributed by atoms with van der Waals surface area (Å²) in [6.45, 7) is 8.01. The fourth-order valence-corrected chi connectivity index (χ4v) is 2.91. The quantitative estimate of drug-likeness (QED) is 0.868. The number of nitrogens with zero attached hydrogens (tertiary/aromatic N) is 2. The van der Waals surface area contributed by atoms with Crippen molar-refractivity contribution in [3.63, 3.8) is 0 Å². The van der Waals surface area contributed by atoms with Crippen LogP contribution in [0.3, 0.4) is 0 Å². The number of anilines is 1. The zero-order chi connectivity index (χ0) is 15.4. The maximum Gasteiger partial charge on any atom is 0.222 e. The summed E-state index contributed by atoms with van der Waals surface area (Å²) < 4.78 is 0. The Morgan fingerprint density at radius 1 is 1.52 bits per heavy atom. The molecule has 0 aliphatic carbocycles. The van der Waals surface area contributed by atoms with Crippen molar-refractivity contribution in [1.29, 1.82) is 0 Å². The zero-order valence-electron chi connectivity index (χ0n) is 13.2. The number of amides is 1. The first-order valence-corrected chi connectivity index (χ1v) is 7.78. The standard InChI is InChI=1S/C16H26N4O/c1-4-18-12(3)13-7-8-15(19-9-13)20-10-14(16(17)21)6-5-11(20)2/h7-9,11-12,14,18H,4-6,10H2,1-3H3,(H2,17,21). The molecule has 1 aromatic rings. The van der Waals surface area contributed by atoms with Crippen molar-refractivity contribution in [3.05, 3.63) is 23.9 Å². The van der Waals surface area contributed by atoms with E-state index in [0.29, 0.717) is 18.6 Å². The average Bonchev–Trinajstić information content (AvgIpc) is 2.48. The van der Waals surface area contributed by atoms with Crippen molar-refractivity contribution in [2.75, 3.05) is 18.0 Å². The highest BCUT2D eigenvalue weighted by Crippen LogP contribution is 2.26. The number of pyridine rings is 1. The highest BCUT2D eigenvalue weighted by Gasteiger charge is 2.29. The average molecular weight is 290 g/mol. The second-order valence-corrected chi connectivity index (χ2v) is 5.91. The summed E-state index contributed by atoms with van der Waals surface area (Å²) in [6, 6.07) is 4.85. The van der Waals surface area contributed by atoms with Gasteiger partial charge in [-0.15, -0.1) is 0 Å². The van der Waals surface area contributed by atoms with Gasteiger partial charge in [0.15, 0.2) is 0 Å². The minimum absolute atomic E-state index is 0.0663. The van der Waals surface area contributed by atoms with E-state index in [-0.39, 0.29) is 11.8 Å². The van der Waals surface area contributed by atoms with Gasteiger partial charge in [0.1, 0.15) is 5.82 Å². The largest absolute Gasteiger partial charge is 0.369 e. The smallest absolute Gasteiger partial charge is 0.222 e. The van der Waals surface area contributed by atoms with Crippen molar-refractivity contribution in [2.24, 2.45) is 11.7 Å². The summed E-state index contributed by atoms with van der Waals surface area (Å²) in [5, 5.41) is 3.38. The van der Waals surface area contributed by atoms with Crippen molar-refractivity contribution >= 4 is 11.7 Å². The molecule has 0 spiro atoms. The third-order valence-corrected chi connectivity index (χ3v) is 4.36. The molecule has 1 aliphatic rings. The number of carbonyl (C=O) groups excluding carboxylic acids is 1. The Hall–Kier alpha value is -1.62. The summed E-state index contributed by atoms with van der Waals surface area (Å²) in [7, 11) is 0. The van der Waals surface area contributed by atoms with Gasteiger partial charge in [-0.2, -0.15) is 0 Å². The van der Waals surface area contributed by atoms with Crippen molar-refractivity contribution < 1.29 is 4.79 Å². The first-order chi connectivity index (χ1) is 10.0. The lowest BCUT2D eigenvalue weighted by atomic mass is 9.93. The molecular formula is C16H26N4O. The predicted octanol–water partition coefficient (Wildman–Crippen LogP) is 1.84. The van der Waals surface area contributed by atoms with Gasteiger partial charge in [0.2, 0.25) is 5.91 Å². The van der Waals surface area contributed by atoms with E-state index in [0.717, 1.165) is 25.2 Å². The monoisotopic (exact) mass is 290 g/mol. The molecule has 3 unspecified atom stereocenters. The van der Waals surface area contributed by atoms with E-state index in [1.807, 2.05) is 12.3 Å². The summed E-state index contributed by atoms with van der Waals surface area (Å²) in [5.74, 6) is 0.661. The number of piperidine rings is 1. The first-order valence-electron chi connectivity index (χ1n) is 7.78. The molecule has 5 nitrogen and oxygen atoms in total. The second kappa shape index (κ2) is 6.89. The third kappa shape index (κ3) is 3.73. The summed E-state index contributed by atoms with van der Waals surface area (Å²) in [4.78, 5) is 18.2. The summed E-state index contributed by atoms with van der Waals surface area (Å²) >= 11 is 0. The van der Waals surface area contributed by atoms with E-state index in [2.05, 4.69) is 42.0 Å². The van der Waals surface area contributed by atoms with Crippen molar-refractivity contribution in [3.8, 4) is 0 Å². The lowest BCUT2D eigenvalue weighted by Crippen LogP contribution is -2.46. The van der Waals surface area contributed by atoms with Gasteiger partial charge in [-0.25, -0.2) is 4.98 Å². The molecule has 3 N–H and O–H groups in total. The number of hydrogen-bond acceptors (Lipinski definition) is 4.